The predicted molar refractivity (Wildman–Crippen MR) is 73.3 cm³/mol. The number of thioether (sulfide) groups is 1. The first-order chi connectivity index (χ1) is 8.22. The summed E-state index contributed by atoms with van der Waals surface area (Å²) in [6.07, 6.45) is 1.18. The standard InChI is InChI=1S/C13H17ClFNS/c1-2-16-13(9-5-6-17-8-9)11-7-10(15)3-4-12(11)14/h3-4,7,9,13,16H,2,5-6,8H2,1H3. The second-order valence-electron chi connectivity index (χ2n) is 4.32. The Morgan fingerprint density at radius 2 is 2.41 bits per heavy atom. The molecule has 0 spiro atoms. The molecule has 1 aromatic rings. The third kappa shape index (κ3) is 3.15. The monoisotopic (exact) mass is 273 g/mol. The summed E-state index contributed by atoms with van der Waals surface area (Å²) in [6.45, 7) is 2.95. The third-order valence-corrected chi connectivity index (χ3v) is 4.69. The molecule has 0 bridgehead atoms. The quantitative estimate of drug-likeness (QED) is 0.893. The molecule has 0 saturated carbocycles. The van der Waals surface area contributed by atoms with Crippen molar-refractivity contribution in [1.82, 2.24) is 5.32 Å². The molecule has 0 amide bonds. The van der Waals surface area contributed by atoms with E-state index in [-0.39, 0.29) is 11.9 Å². The molecule has 1 nitrogen and oxygen atoms in total. The lowest BCUT2D eigenvalue weighted by Crippen LogP contribution is -2.28. The first-order valence-electron chi connectivity index (χ1n) is 5.98. The Morgan fingerprint density at radius 3 is 3.06 bits per heavy atom. The van der Waals surface area contributed by atoms with E-state index in [1.165, 1.54) is 18.2 Å². The van der Waals surface area contributed by atoms with Crippen LogP contribution in [0.3, 0.4) is 0 Å². The Balaban J connectivity index is 2.27. The lowest BCUT2D eigenvalue weighted by Gasteiger charge is -2.25. The SMILES string of the molecule is CCNC(c1cc(F)ccc1Cl)C1CCSC1. The molecule has 1 aliphatic heterocycles. The molecule has 17 heavy (non-hydrogen) atoms. The third-order valence-electron chi connectivity index (χ3n) is 3.15. The molecule has 1 aromatic carbocycles. The molecule has 2 rings (SSSR count). The lowest BCUT2D eigenvalue weighted by atomic mass is 9.92. The van der Waals surface area contributed by atoms with E-state index in [2.05, 4.69) is 12.2 Å². The second-order valence-corrected chi connectivity index (χ2v) is 5.88. The molecule has 2 atom stereocenters. The van der Waals surface area contributed by atoms with Crippen LogP contribution in [0.15, 0.2) is 18.2 Å². The molecule has 0 aromatic heterocycles. The summed E-state index contributed by atoms with van der Waals surface area (Å²) in [5.74, 6) is 2.67. The molecule has 2 unspecified atom stereocenters. The normalized spacial score (nSPS) is 21.7. The highest BCUT2D eigenvalue weighted by Gasteiger charge is 2.27. The minimum Gasteiger partial charge on any atom is -0.310 e. The van der Waals surface area contributed by atoms with E-state index in [0.717, 1.165) is 17.9 Å². The van der Waals surface area contributed by atoms with E-state index in [0.29, 0.717) is 10.9 Å². The molecule has 1 fully saturated rings. The molecule has 94 valence electrons. The van der Waals surface area contributed by atoms with E-state index in [1.54, 1.807) is 12.1 Å². The molecular formula is C13H17ClFNS. The zero-order chi connectivity index (χ0) is 12.3. The van der Waals surface area contributed by atoms with Crippen LogP contribution in [0, 0.1) is 11.7 Å². The molecule has 1 saturated heterocycles. The van der Waals surface area contributed by atoms with Gasteiger partial charge in [-0.25, -0.2) is 4.39 Å². The summed E-state index contributed by atoms with van der Waals surface area (Å²) in [7, 11) is 0. The van der Waals surface area contributed by atoms with Crippen molar-refractivity contribution < 1.29 is 4.39 Å². The molecule has 0 radical (unpaired) electrons. The maximum atomic E-state index is 13.3. The number of hydrogen-bond acceptors (Lipinski definition) is 2. The summed E-state index contributed by atoms with van der Waals surface area (Å²) >= 11 is 8.16. The van der Waals surface area contributed by atoms with Gasteiger partial charge in [-0.15, -0.1) is 0 Å². The van der Waals surface area contributed by atoms with Crippen LogP contribution >= 0.6 is 23.4 Å². The number of benzene rings is 1. The van der Waals surface area contributed by atoms with Gasteiger partial charge in [-0.1, -0.05) is 18.5 Å². The van der Waals surface area contributed by atoms with Gasteiger partial charge in [0.1, 0.15) is 5.82 Å². The van der Waals surface area contributed by atoms with Gasteiger partial charge in [0.2, 0.25) is 0 Å². The van der Waals surface area contributed by atoms with Crippen LogP contribution in [0.1, 0.15) is 24.9 Å². The minimum atomic E-state index is -0.210. The highest BCUT2D eigenvalue weighted by atomic mass is 35.5. The van der Waals surface area contributed by atoms with Gasteiger partial charge >= 0.3 is 0 Å². The Bertz CT molecular complexity index is 380. The van der Waals surface area contributed by atoms with E-state index < -0.39 is 0 Å². The summed E-state index contributed by atoms with van der Waals surface area (Å²) < 4.78 is 13.3. The van der Waals surface area contributed by atoms with Crippen LogP contribution in [-0.2, 0) is 0 Å². The van der Waals surface area contributed by atoms with Gasteiger partial charge in [-0.3, -0.25) is 0 Å². The van der Waals surface area contributed by atoms with E-state index in [9.17, 15) is 4.39 Å². The summed E-state index contributed by atoms with van der Waals surface area (Å²) in [4.78, 5) is 0. The highest BCUT2D eigenvalue weighted by molar-refractivity contribution is 7.99. The van der Waals surface area contributed by atoms with Crippen LogP contribution in [0.2, 0.25) is 5.02 Å². The molecule has 1 aliphatic rings. The Hall–Kier alpha value is -0.250. The Morgan fingerprint density at radius 1 is 1.59 bits per heavy atom. The van der Waals surface area contributed by atoms with Crippen molar-refractivity contribution >= 4 is 23.4 Å². The number of hydrogen-bond donors (Lipinski definition) is 1. The average Bonchev–Trinajstić information content (AvgIpc) is 2.83. The zero-order valence-electron chi connectivity index (χ0n) is 9.88. The maximum Gasteiger partial charge on any atom is 0.123 e. The Kier molecular flexibility index (Phi) is 4.71. The lowest BCUT2D eigenvalue weighted by molar-refractivity contribution is 0.400. The van der Waals surface area contributed by atoms with Crippen LogP contribution < -0.4 is 5.32 Å². The topological polar surface area (TPSA) is 12.0 Å². The highest BCUT2D eigenvalue weighted by Crippen LogP contribution is 2.36. The van der Waals surface area contributed by atoms with E-state index >= 15 is 0 Å². The number of nitrogens with one attached hydrogen (secondary N) is 1. The van der Waals surface area contributed by atoms with Gasteiger partial charge in [-0.05, 0) is 54.2 Å². The van der Waals surface area contributed by atoms with Gasteiger partial charge in [0.05, 0.1) is 0 Å². The zero-order valence-corrected chi connectivity index (χ0v) is 11.5. The van der Waals surface area contributed by atoms with Crippen molar-refractivity contribution in [2.45, 2.75) is 19.4 Å². The smallest absolute Gasteiger partial charge is 0.123 e. The largest absolute Gasteiger partial charge is 0.310 e. The van der Waals surface area contributed by atoms with E-state index in [1.807, 2.05) is 11.8 Å². The van der Waals surface area contributed by atoms with Gasteiger partial charge in [0, 0.05) is 11.1 Å². The average molecular weight is 274 g/mol. The van der Waals surface area contributed by atoms with Crippen LogP contribution in [0.25, 0.3) is 0 Å². The molecular weight excluding hydrogens is 257 g/mol. The summed E-state index contributed by atoms with van der Waals surface area (Å²) in [5.41, 5.74) is 0.904. The number of halogens is 2. The summed E-state index contributed by atoms with van der Waals surface area (Å²) in [6, 6.07) is 4.81. The number of rotatable bonds is 4. The van der Waals surface area contributed by atoms with Crippen LogP contribution in [0.5, 0.6) is 0 Å². The molecule has 4 heteroatoms. The minimum absolute atomic E-state index is 0.179. The second kappa shape index (κ2) is 6.07. The fourth-order valence-corrected chi connectivity index (χ4v) is 3.85. The van der Waals surface area contributed by atoms with Gasteiger partial charge < -0.3 is 5.32 Å². The van der Waals surface area contributed by atoms with Gasteiger partial charge in [0.15, 0.2) is 0 Å². The maximum absolute atomic E-state index is 13.3. The van der Waals surface area contributed by atoms with Crippen molar-refractivity contribution in [3.8, 4) is 0 Å². The van der Waals surface area contributed by atoms with Crippen molar-refractivity contribution in [1.29, 1.82) is 0 Å². The van der Waals surface area contributed by atoms with Crippen molar-refractivity contribution in [3.63, 3.8) is 0 Å². The Labute approximate surface area is 111 Å². The van der Waals surface area contributed by atoms with Gasteiger partial charge in [-0.2, -0.15) is 11.8 Å². The van der Waals surface area contributed by atoms with Gasteiger partial charge in [0.25, 0.3) is 0 Å². The predicted octanol–water partition coefficient (Wildman–Crippen LogP) is 3.88. The molecule has 1 N–H and O–H groups in total. The molecule has 1 heterocycles. The molecule has 0 aliphatic carbocycles. The fraction of sp³-hybridized carbons (Fsp3) is 0.538. The van der Waals surface area contributed by atoms with Crippen LogP contribution in [0.4, 0.5) is 4.39 Å². The van der Waals surface area contributed by atoms with Crippen molar-refractivity contribution in [2.24, 2.45) is 5.92 Å². The fourth-order valence-electron chi connectivity index (χ4n) is 2.32. The van der Waals surface area contributed by atoms with E-state index in [4.69, 9.17) is 11.6 Å². The van der Waals surface area contributed by atoms with Crippen molar-refractivity contribution in [3.05, 3.63) is 34.6 Å². The first-order valence-corrected chi connectivity index (χ1v) is 7.51. The first kappa shape index (κ1) is 13.2. The van der Waals surface area contributed by atoms with Crippen LogP contribution in [-0.4, -0.2) is 18.1 Å². The van der Waals surface area contributed by atoms with Crippen molar-refractivity contribution in [2.75, 3.05) is 18.1 Å². The summed E-state index contributed by atoms with van der Waals surface area (Å²) in [5, 5.41) is 4.11.